The fraction of sp³-hybridized carbons (Fsp3) is 0.353. The molecule has 0 fully saturated rings. The Bertz CT molecular complexity index is 608. The van der Waals surface area contributed by atoms with Crippen LogP contribution in [0, 0.1) is 0 Å². The number of thiophene rings is 1. The van der Waals surface area contributed by atoms with Gasteiger partial charge in [0.2, 0.25) is 0 Å². The molecule has 0 aliphatic carbocycles. The van der Waals surface area contributed by atoms with Crippen LogP contribution in [0.5, 0.6) is 5.75 Å². The van der Waals surface area contributed by atoms with Crippen LogP contribution in [0.15, 0.2) is 41.1 Å². The number of nitrogens with one attached hydrogen (secondary N) is 1. The molecule has 0 saturated heterocycles. The van der Waals surface area contributed by atoms with Gasteiger partial charge in [0, 0.05) is 0 Å². The molecular formula is C17H21NO3S. The molecule has 0 spiro atoms. The predicted octanol–water partition coefficient (Wildman–Crippen LogP) is 2.71. The highest BCUT2D eigenvalue weighted by atomic mass is 32.1. The Labute approximate surface area is 134 Å². The number of carbonyl (C=O) groups is 1. The fourth-order valence-corrected chi connectivity index (χ4v) is 2.86. The molecule has 118 valence electrons. The standard InChI is InChI=1S/C17H21NO3S/c1-3-13-6-4-5-7-15(13)21-10-16(19)18-12-17(2,20)14-8-9-22-11-14/h4-9,11,20H,3,10,12H2,1-2H3,(H,18,19). The van der Waals surface area contributed by atoms with Gasteiger partial charge in [-0.2, -0.15) is 11.3 Å². The van der Waals surface area contributed by atoms with E-state index in [1.54, 1.807) is 6.92 Å². The smallest absolute Gasteiger partial charge is 0.258 e. The maximum absolute atomic E-state index is 11.9. The third-order valence-corrected chi connectivity index (χ3v) is 4.17. The first kappa shape index (κ1) is 16.5. The molecule has 1 aromatic carbocycles. The summed E-state index contributed by atoms with van der Waals surface area (Å²) >= 11 is 1.51. The van der Waals surface area contributed by atoms with Crippen LogP contribution in [0.2, 0.25) is 0 Å². The van der Waals surface area contributed by atoms with Gasteiger partial charge in [-0.1, -0.05) is 25.1 Å². The highest BCUT2D eigenvalue weighted by Gasteiger charge is 2.24. The first-order valence-corrected chi connectivity index (χ1v) is 8.19. The van der Waals surface area contributed by atoms with E-state index < -0.39 is 5.60 Å². The Morgan fingerprint density at radius 2 is 2.14 bits per heavy atom. The van der Waals surface area contributed by atoms with Crippen molar-refractivity contribution in [2.45, 2.75) is 25.9 Å². The number of hydrogen-bond donors (Lipinski definition) is 2. The molecule has 2 N–H and O–H groups in total. The molecule has 1 aromatic heterocycles. The summed E-state index contributed by atoms with van der Waals surface area (Å²) in [7, 11) is 0. The molecule has 0 saturated carbocycles. The van der Waals surface area contributed by atoms with Crippen molar-refractivity contribution in [1.29, 1.82) is 0 Å². The Morgan fingerprint density at radius 3 is 2.82 bits per heavy atom. The summed E-state index contributed by atoms with van der Waals surface area (Å²) in [4.78, 5) is 11.9. The summed E-state index contributed by atoms with van der Waals surface area (Å²) in [5.74, 6) is 0.478. The first-order chi connectivity index (χ1) is 10.5. The minimum absolute atomic E-state index is 0.0588. The molecule has 0 aliphatic rings. The van der Waals surface area contributed by atoms with Gasteiger partial charge in [0.05, 0.1) is 6.54 Å². The van der Waals surface area contributed by atoms with Gasteiger partial charge in [0.25, 0.3) is 5.91 Å². The highest BCUT2D eigenvalue weighted by Crippen LogP contribution is 2.22. The lowest BCUT2D eigenvalue weighted by molar-refractivity contribution is -0.124. The van der Waals surface area contributed by atoms with E-state index in [9.17, 15) is 9.90 Å². The van der Waals surface area contributed by atoms with Gasteiger partial charge in [0.1, 0.15) is 11.4 Å². The summed E-state index contributed by atoms with van der Waals surface area (Å²) in [6, 6.07) is 9.52. The third-order valence-electron chi connectivity index (χ3n) is 3.49. The van der Waals surface area contributed by atoms with Crippen molar-refractivity contribution in [2.24, 2.45) is 0 Å². The van der Waals surface area contributed by atoms with Gasteiger partial charge >= 0.3 is 0 Å². The van der Waals surface area contributed by atoms with Crippen molar-refractivity contribution < 1.29 is 14.6 Å². The SMILES string of the molecule is CCc1ccccc1OCC(=O)NCC(C)(O)c1ccsc1. The molecule has 2 rings (SSSR count). The lowest BCUT2D eigenvalue weighted by Crippen LogP contribution is -2.40. The quantitative estimate of drug-likeness (QED) is 0.825. The van der Waals surface area contributed by atoms with Crippen molar-refractivity contribution in [3.05, 3.63) is 52.2 Å². The number of hydrogen-bond acceptors (Lipinski definition) is 4. The lowest BCUT2D eigenvalue weighted by Gasteiger charge is -2.22. The molecule has 0 aliphatic heterocycles. The third kappa shape index (κ3) is 4.32. The van der Waals surface area contributed by atoms with Gasteiger partial charge in [-0.05, 0) is 47.4 Å². The lowest BCUT2D eigenvalue weighted by atomic mass is 9.99. The molecule has 1 atom stereocenters. The topological polar surface area (TPSA) is 58.6 Å². The number of benzene rings is 1. The van der Waals surface area contributed by atoms with Gasteiger partial charge < -0.3 is 15.2 Å². The van der Waals surface area contributed by atoms with Gasteiger partial charge in [-0.25, -0.2) is 0 Å². The zero-order valence-corrected chi connectivity index (χ0v) is 13.7. The molecule has 22 heavy (non-hydrogen) atoms. The van der Waals surface area contributed by atoms with Gasteiger partial charge in [-0.15, -0.1) is 0 Å². The zero-order valence-electron chi connectivity index (χ0n) is 12.8. The van der Waals surface area contributed by atoms with E-state index in [2.05, 4.69) is 5.32 Å². The predicted molar refractivity (Wildman–Crippen MR) is 88.2 cm³/mol. The molecule has 4 nitrogen and oxygen atoms in total. The van der Waals surface area contributed by atoms with Gasteiger partial charge in [0.15, 0.2) is 6.61 Å². The monoisotopic (exact) mass is 319 g/mol. The molecule has 5 heteroatoms. The molecule has 0 radical (unpaired) electrons. The summed E-state index contributed by atoms with van der Waals surface area (Å²) in [6.45, 7) is 3.82. The first-order valence-electron chi connectivity index (χ1n) is 7.25. The van der Waals surface area contributed by atoms with Crippen molar-refractivity contribution in [1.82, 2.24) is 5.32 Å². The van der Waals surface area contributed by atoms with Gasteiger partial charge in [-0.3, -0.25) is 4.79 Å². The van der Waals surface area contributed by atoms with E-state index in [1.165, 1.54) is 11.3 Å². The number of aliphatic hydroxyl groups is 1. The molecule has 1 amide bonds. The van der Waals surface area contributed by atoms with E-state index in [0.29, 0.717) is 0 Å². The fourth-order valence-electron chi connectivity index (χ4n) is 2.07. The zero-order chi connectivity index (χ0) is 16.0. The van der Waals surface area contributed by atoms with Crippen molar-refractivity contribution >= 4 is 17.2 Å². The molecule has 1 heterocycles. The van der Waals surface area contributed by atoms with E-state index in [0.717, 1.165) is 23.3 Å². The molecular weight excluding hydrogens is 298 g/mol. The van der Waals surface area contributed by atoms with Crippen LogP contribution >= 0.6 is 11.3 Å². The molecule has 2 aromatic rings. The van der Waals surface area contributed by atoms with Crippen LogP contribution in [0.1, 0.15) is 25.0 Å². The minimum atomic E-state index is -1.07. The number of aryl methyl sites for hydroxylation is 1. The second-order valence-corrected chi connectivity index (χ2v) is 6.09. The number of carbonyl (C=O) groups excluding carboxylic acids is 1. The number of para-hydroxylation sites is 1. The Kier molecular flexibility index (Phi) is 5.57. The second-order valence-electron chi connectivity index (χ2n) is 5.31. The van der Waals surface area contributed by atoms with E-state index in [1.807, 2.05) is 48.0 Å². The van der Waals surface area contributed by atoms with Crippen LogP contribution < -0.4 is 10.1 Å². The summed E-state index contributed by atoms with van der Waals surface area (Å²) in [5.41, 5.74) is 0.799. The number of amides is 1. The number of rotatable bonds is 7. The van der Waals surface area contributed by atoms with Crippen LogP contribution in [-0.4, -0.2) is 24.2 Å². The number of ether oxygens (including phenoxy) is 1. The van der Waals surface area contributed by atoms with Crippen LogP contribution in [0.3, 0.4) is 0 Å². The second kappa shape index (κ2) is 7.42. The summed E-state index contributed by atoms with van der Waals surface area (Å²) < 4.78 is 5.55. The molecule has 1 unspecified atom stereocenters. The van der Waals surface area contributed by atoms with E-state index in [-0.39, 0.29) is 19.1 Å². The normalized spacial score (nSPS) is 13.4. The highest BCUT2D eigenvalue weighted by molar-refractivity contribution is 7.08. The average molecular weight is 319 g/mol. The maximum atomic E-state index is 11.9. The summed E-state index contributed by atoms with van der Waals surface area (Å²) in [5, 5.41) is 16.8. The van der Waals surface area contributed by atoms with Crippen molar-refractivity contribution in [3.8, 4) is 5.75 Å². The Hall–Kier alpha value is -1.85. The maximum Gasteiger partial charge on any atom is 0.258 e. The van der Waals surface area contributed by atoms with E-state index >= 15 is 0 Å². The molecule has 0 bridgehead atoms. The average Bonchev–Trinajstić information content (AvgIpc) is 3.06. The Morgan fingerprint density at radius 1 is 1.36 bits per heavy atom. The van der Waals surface area contributed by atoms with Crippen LogP contribution in [0.4, 0.5) is 0 Å². The Balaban J connectivity index is 1.83. The van der Waals surface area contributed by atoms with Crippen LogP contribution in [-0.2, 0) is 16.8 Å². The largest absolute Gasteiger partial charge is 0.483 e. The van der Waals surface area contributed by atoms with Crippen LogP contribution in [0.25, 0.3) is 0 Å². The van der Waals surface area contributed by atoms with E-state index in [4.69, 9.17) is 4.74 Å². The minimum Gasteiger partial charge on any atom is -0.483 e. The van der Waals surface area contributed by atoms with Crippen molar-refractivity contribution in [3.63, 3.8) is 0 Å². The van der Waals surface area contributed by atoms with Crippen molar-refractivity contribution in [2.75, 3.05) is 13.2 Å². The summed E-state index contributed by atoms with van der Waals surface area (Å²) in [6.07, 6.45) is 0.852.